The molecule has 0 radical (unpaired) electrons. The molecule has 0 amide bonds. The minimum Gasteiger partial charge on any atom is -0.350 e. The minimum absolute atomic E-state index is 0.336. The third-order valence-electron chi connectivity index (χ3n) is 4.97. The fourth-order valence-corrected chi connectivity index (χ4v) is 3.68. The van der Waals surface area contributed by atoms with Gasteiger partial charge in [0, 0.05) is 19.3 Å². The van der Waals surface area contributed by atoms with Crippen molar-refractivity contribution in [1.82, 2.24) is 4.90 Å². The van der Waals surface area contributed by atoms with E-state index in [4.69, 9.17) is 11.5 Å². The average molecular weight is 363 g/mol. The largest absolute Gasteiger partial charge is 0.350 e. The Morgan fingerprint density at radius 1 is 0.963 bits per heavy atom. The van der Waals surface area contributed by atoms with Gasteiger partial charge in [-0.15, -0.1) is 0 Å². The van der Waals surface area contributed by atoms with E-state index in [1.54, 1.807) is 0 Å². The quantitative estimate of drug-likeness (QED) is 0.823. The molecule has 27 heavy (non-hydrogen) atoms. The van der Waals surface area contributed by atoms with Gasteiger partial charge in [-0.1, -0.05) is 74.5 Å². The van der Waals surface area contributed by atoms with Crippen molar-refractivity contribution >= 4 is 5.84 Å². The molecule has 2 unspecified atom stereocenters. The van der Waals surface area contributed by atoms with E-state index in [0.717, 1.165) is 25.3 Å². The molecule has 3 rings (SSSR count). The Kier molecular flexibility index (Phi) is 6.09. The van der Waals surface area contributed by atoms with Crippen molar-refractivity contribution in [2.45, 2.75) is 44.9 Å². The minimum atomic E-state index is -0.573. The van der Waals surface area contributed by atoms with Gasteiger partial charge in [0.2, 0.25) is 0 Å². The molecule has 0 aromatic heterocycles. The van der Waals surface area contributed by atoms with Gasteiger partial charge in [-0.05, 0) is 29.5 Å². The predicted octanol–water partition coefficient (Wildman–Crippen LogP) is 3.69. The van der Waals surface area contributed by atoms with Gasteiger partial charge < -0.3 is 16.4 Å². The Bertz CT molecular complexity index is 741. The Morgan fingerprint density at radius 2 is 1.48 bits per heavy atom. The first-order valence-electron chi connectivity index (χ1n) is 9.60. The van der Waals surface area contributed by atoms with Gasteiger partial charge in [0.25, 0.3) is 0 Å². The summed E-state index contributed by atoms with van der Waals surface area (Å²) < 4.78 is 0. The maximum absolute atomic E-state index is 6.70. The number of aliphatic imine (C=N–C) groups is 1. The third-order valence-corrected chi connectivity index (χ3v) is 4.97. The summed E-state index contributed by atoms with van der Waals surface area (Å²) in [6, 6.07) is 20.5. The molecular formula is C23H30N4. The molecule has 0 bridgehead atoms. The second kappa shape index (κ2) is 8.51. The van der Waals surface area contributed by atoms with Crippen LogP contribution in [0.1, 0.15) is 31.4 Å². The average Bonchev–Trinajstić information content (AvgIpc) is 2.65. The van der Waals surface area contributed by atoms with Gasteiger partial charge in [0.15, 0.2) is 0 Å². The maximum Gasteiger partial charge on any atom is 0.124 e. The molecule has 0 saturated heterocycles. The molecule has 0 saturated carbocycles. The van der Waals surface area contributed by atoms with Crippen LogP contribution in [0.5, 0.6) is 0 Å². The summed E-state index contributed by atoms with van der Waals surface area (Å²) in [6.45, 7) is 5.83. The van der Waals surface area contributed by atoms with Gasteiger partial charge in [-0.25, -0.2) is 4.99 Å². The molecule has 4 heteroatoms. The summed E-state index contributed by atoms with van der Waals surface area (Å²) in [5.74, 6) is 1.31. The molecule has 1 heterocycles. The Morgan fingerprint density at radius 3 is 1.96 bits per heavy atom. The molecule has 1 aliphatic rings. The first-order valence-corrected chi connectivity index (χ1v) is 9.60. The summed E-state index contributed by atoms with van der Waals surface area (Å²) >= 11 is 0. The highest BCUT2D eigenvalue weighted by atomic mass is 15.2. The molecule has 2 atom stereocenters. The molecule has 1 aliphatic heterocycles. The highest BCUT2D eigenvalue weighted by Gasteiger charge is 2.38. The van der Waals surface area contributed by atoms with Gasteiger partial charge in [0.05, 0.1) is 11.6 Å². The smallest absolute Gasteiger partial charge is 0.124 e. The van der Waals surface area contributed by atoms with Crippen LogP contribution in [0.2, 0.25) is 0 Å². The van der Waals surface area contributed by atoms with E-state index in [9.17, 15) is 0 Å². The zero-order chi connectivity index (χ0) is 19.3. The van der Waals surface area contributed by atoms with E-state index >= 15 is 0 Å². The lowest BCUT2D eigenvalue weighted by Crippen LogP contribution is -2.62. The van der Waals surface area contributed by atoms with Gasteiger partial charge in [0.1, 0.15) is 5.84 Å². The lowest BCUT2D eigenvalue weighted by molar-refractivity contribution is 0.335. The Balaban J connectivity index is 1.89. The molecule has 2 aromatic carbocycles. The highest BCUT2D eigenvalue weighted by Crippen LogP contribution is 2.25. The number of nitrogens with two attached hydrogens (primary N) is 2. The van der Waals surface area contributed by atoms with Crippen LogP contribution in [0.4, 0.5) is 0 Å². The van der Waals surface area contributed by atoms with Crippen molar-refractivity contribution in [3.63, 3.8) is 0 Å². The van der Waals surface area contributed by atoms with Crippen LogP contribution in [-0.4, -0.2) is 22.3 Å². The summed E-state index contributed by atoms with van der Waals surface area (Å²) in [5.41, 5.74) is 15.2. The van der Waals surface area contributed by atoms with Crippen LogP contribution in [0.15, 0.2) is 77.9 Å². The van der Waals surface area contributed by atoms with Gasteiger partial charge >= 0.3 is 0 Å². The van der Waals surface area contributed by atoms with Gasteiger partial charge in [-0.2, -0.15) is 0 Å². The molecule has 0 fully saturated rings. The number of benzene rings is 2. The van der Waals surface area contributed by atoms with Gasteiger partial charge in [-0.3, -0.25) is 0 Å². The van der Waals surface area contributed by atoms with Crippen LogP contribution < -0.4 is 11.5 Å². The summed E-state index contributed by atoms with van der Waals surface area (Å²) in [5, 5.41) is 0. The fourth-order valence-electron chi connectivity index (χ4n) is 3.68. The molecule has 142 valence electrons. The molecule has 4 N–H and O–H groups in total. The predicted molar refractivity (Wildman–Crippen MR) is 113 cm³/mol. The maximum atomic E-state index is 6.70. The van der Waals surface area contributed by atoms with Crippen LogP contribution in [0.25, 0.3) is 0 Å². The number of nitrogens with zero attached hydrogens (tertiary/aromatic N) is 2. The van der Waals surface area contributed by atoms with Crippen molar-refractivity contribution in [3.8, 4) is 0 Å². The molecule has 0 spiro atoms. The Hall–Kier alpha value is -2.43. The molecular weight excluding hydrogens is 332 g/mol. The zero-order valence-electron chi connectivity index (χ0n) is 16.3. The van der Waals surface area contributed by atoms with Crippen LogP contribution in [0.3, 0.4) is 0 Å². The van der Waals surface area contributed by atoms with Crippen molar-refractivity contribution in [1.29, 1.82) is 0 Å². The summed E-state index contributed by atoms with van der Waals surface area (Å²) in [6.07, 6.45) is 4.61. The van der Waals surface area contributed by atoms with Crippen molar-refractivity contribution < 1.29 is 0 Å². The molecule has 2 aromatic rings. The van der Waals surface area contributed by atoms with Crippen LogP contribution in [-0.2, 0) is 13.1 Å². The monoisotopic (exact) mass is 362 g/mol. The first kappa shape index (κ1) is 19.3. The number of hydrogen-bond donors (Lipinski definition) is 2. The number of rotatable bonds is 6. The van der Waals surface area contributed by atoms with E-state index in [2.05, 4.69) is 72.3 Å². The second-order valence-electron chi connectivity index (χ2n) is 7.82. The Labute approximate surface area is 162 Å². The van der Waals surface area contributed by atoms with Crippen LogP contribution in [0, 0.1) is 5.92 Å². The van der Waals surface area contributed by atoms with E-state index in [0.29, 0.717) is 5.92 Å². The molecule has 0 aliphatic carbocycles. The topological polar surface area (TPSA) is 67.6 Å². The molecule has 4 nitrogen and oxygen atoms in total. The van der Waals surface area contributed by atoms with E-state index in [1.165, 1.54) is 11.1 Å². The van der Waals surface area contributed by atoms with E-state index < -0.39 is 5.54 Å². The standard InChI is InChI=1S/C23H30N4/c1-18(2)15-23(25)13-14-26-22(21(23)24)27(16-19-9-5-3-6-10-19)17-20-11-7-4-8-12-20/h3-14,18,21H,15-17,24-25H2,1-2H3. The van der Waals surface area contributed by atoms with Crippen molar-refractivity contribution in [3.05, 3.63) is 84.1 Å². The number of amidine groups is 1. The summed E-state index contributed by atoms with van der Waals surface area (Å²) in [7, 11) is 0. The SMILES string of the molecule is CC(C)CC1(N)C=CN=C(N(Cc2ccccc2)Cc2ccccc2)C1N. The van der Waals surface area contributed by atoms with Crippen molar-refractivity contribution in [2.24, 2.45) is 22.4 Å². The fraction of sp³-hybridized carbons (Fsp3) is 0.348. The first-order chi connectivity index (χ1) is 13.0. The second-order valence-corrected chi connectivity index (χ2v) is 7.82. The summed E-state index contributed by atoms with van der Waals surface area (Å²) in [4.78, 5) is 6.91. The third kappa shape index (κ3) is 4.85. The normalized spacial score (nSPS) is 22.0. The van der Waals surface area contributed by atoms with E-state index in [-0.39, 0.29) is 6.04 Å². The van der Waals surface area contributed by atoms with Crippen molar-refractivity contribution in [2.75, 3.05) is 0 Å². The lowest BCUT2D eigenvalue weighted by atomic mass is 9.81. The zero-order valence-corrected chi connectivity index (χ0v) is 16.3. The number of hydrogen-bond acceptors (Lipinski definition) is 4. The highest BCUT2D eigenvalue weighted by molar-refractivity contribution is 5.90. The van der Waals surface area contributed by atoms with Crippen LogP contribution >= 0.6 is 0 Å². The lowest BCUT2D eigenvalue weighted by Gasteiger charge is -2.40. The van der Waals surface area contributed by atoms with E-state index in [1.807, 2.05) is 24.4 Å².